The Morgan fingerprint density at radius 2 is 1.97 bits per heavy atom. The quantitative estimate of drug-likeness (QED) is 0.426. The van der Waals surface area contributed by atoms with Crippen LogP contribution in [0.1, 0.15) is 50.4 Å². The first-order valence-corrected chi connectivity index (χ1v) is 9.83. The van der Waals surface area contributed by atoms with Gasteiger partial charge in [0.15, 0.2) is 6.61 Å². The topological polar surface area (TPSA) is 93.0 Å². The van der Waals surface area contributed by atoms with Gasteiger partial charge in [-0.2, -0.15) is 0 Å². The molecule has 2 aliphatic rings. The normalized spacial score (nSPS) is 24.9. The van der Waals surface area contributed by atoms with E-state index in [1.54, 1.807) is 19.0 Å². The number of likely N-dealkylation sites (tertiary alicyclic amines) is 1. The number of carbonyl (C=O) groups is 2. The van der Waals surface area contributed by atoms with Crippen molar-refractivity contribution in [1.82, 2.24) is 4.90 Å². The molecule has 158 valence electrons. The van der Waals surface area contributed by atoms with E-state index in [1.807, 2.05) is 4.90 Å². The highest BCUT2D eigenvalue weighted by molar-refractivity contribution is 5.93. The van der Waals surface area contributed by atoms with E-state index in [2.05, 4.69) is 20.8 Å². The number of nitrogens with zero attached hydrogens (tertiary/aromatic N) is 3. The van der Waals surface area contributed by atoms with Crippen LogP contribution in [-0.4, -0.2) is 55.0 Å². The number of benzene rings is 1. The standard InChI is InChI=1S/C21H29N3O5/c1-20(2)9-15-10-21(3,12-20)13-23(15)18(25)11-29-19(26)14-6-7-16(22(4)5)17(8-14)24(27)28/h6-8,15H,9-13H2,1-5H3/t15-,21-/m1/s1. The van der Waals surface area contributed by atoms with Crippen LogP contribution in [0.4, 0.5) is 11.4 Å². The maximum Gasteiger partial charge on any atom is 0.338 e. The summed E-state index contributed by atoms with van der Waals surface area (Å²) in [6.07, 6.45) is 3.00. The van der Waals surface area contributed by atoms with Gasteiger partial charge in [0.1, 0.15) is 5.69 Å². The van der Waals surface area contributed by atoms with Crippen molar-refractivity contribution < 1.29 is 19.2 Å². The lowest BCUT2D eigenvalue weighted by Gasteiger charge is -2.39. The Hall–Kier alpha value is -2.64. The van der Waals surface area contributed by atoms with Crippen LogP contribution in [-0.2, 0) is 9.53 Å². The first-order chi connectivity index (χ1) is 13.4. The zero-order valence-electron chi connectivity index (χ0n) is 17.7. The number of nitro groups is 1. The molecule has 0 unspecified atom stereocenters. The van der Waals surface area contributed by atoms with Crippen molar-refractivity contribution in [3.05, 3.63) is 33.9 Å². The molecule has 1 aromatic carbocycles. The van der Waals surface area contributed by atoms with Crippen molar-refractivity contribution in [3.8, 4) is 0 Å². The molecule has 0 N–H and O–H groups in total. The Labute approximate surface area is 171 Å². The van der Waals surface area contributed by atoms with Gasteiger partial charge in [0.25, 0.3) is 11.6 Å². The molecule has 1 aliphatic heterocycles. The van der Waals surface area contributed by atoms with Crippen molar-refractivity contribution in [1.29, 1.82) is 0 Å². The summed E-state index contributed by atoms with van der Waals surface area (Å²) in [4.78, 5) is 39.3. The minimum absolute atomic E-state index is 0.0587. The summed E-state index contributed by atoms with van der Waals surface area (Å²) in [5, 5.41) is 11.3. The lowest BCUT2D eigenvalue weighted by atomic mass is 9.65. The number of nitro benzene ring substituents is 1. The van der Waals surface area contributed by atoms with Gasteiger partial charge < -0.3 is 14.5 Å². The largest absolute Gasteiger partial charge is 0.452 e. The average Bonchev–Trinajstić information content (AvgIpc) is 2.87. The SMILES string of the molecule is CN(C)c1ccc(C(=O)OCC(=O)N2C[C@]3(C)C[C@H]2CC(C)(C)C3)cc1[N+](=O)[O-]. The van der Waals surface area contributed by atoms with Gasteiger partial charge in [-0.1, -0.05) is 20.8 Å². The number of fused-ring (bicyclic) bond motifs is 2. The molecule has 2 atom stereocenters. The second-order valence-electron chi connectivity index (χ2n) is 9.67. The van der Waals surface area contributed by atoms with E-state index in [1.165, 1.54) is 18.2 Å². The summed E-state index contributed by atoms with van der Waals surface area (Å²) in [6, 6.07) is 4.34. The molecule has 2 fully saturated rings. The van der Waals surface area contributed by atoms with Crippen LogP contribution < -0.4 is 4.90 Å². The molecule has 8 nitrogen and oxygen atoms in total. The van der Waals surface area contributed by atoms with Gasteiger partial charge in [-0.05, 0) is 42.2 Å². The van der Waals surface area contributed by atoms with Gasteiger partial charge in [0.05, 0.1) is 10.5 Å². The van der Waals surface area contributed by atoms with E-state index in [-0.39, 0.29) is 40.6 Å². The maximum atomic E-state index is 12.7. The van der Waals surface area contributed by atoms with Gasteiger partial charge in [0, 0.05) is 32.7 Å². The number of carbonyl (C=O) groups excluding carboxylic acids is 2. The second kappa shape index (κ2) is 7.31. The molecule has 0 aromatic heterocycles. The van der Waals surface area contributed by atoms with Gasteiger partial charge in [-0.3, -0.25) is 14.9 Å². The number of amides is 1. The fraction of sp³-hybridized carbons (Fsp3) is 0.619. The van der Waals surface area contributed by atoms with Crippen LogP contribution >= 0.6 is 0 Å². The molecule has 1 saturated heterocycles. The number of ether oxygens (including phenoxy) is 1. The zero-order valence-corrected chi connectivity index (χ0v) is 17.7. The summed E-state index contributed by atoms with van der Waals surface area (Å²) >= 11 is 0. The molecule has 1 aromatic rings. The first kappa shape index (κ1) is 21.1. The Morgan fingerprint density at radius 3 is 2.59 bits per heavy atom. The van der Waals surface area contributed by atoms with Crippen LogP contribution in [0.2, 0.25) is 0 Å². The highest BCUT2D eigenvalue weighted by Gasteiger charge is 2.50. The Kier molecular flexibility index (Phi) is 5.32. The van der Waals surface area contributed by atoms with Gasteiger partial charge >= 0.3 is 5.97 Å². The molecule has 29 heavy (non-hydrogen) atoms. The van der Waals surface area contributed by atoms with E-state index in [0.717, 1.165) is 19.3 Å². The molecule has 0 radical (unpaired) electrons. The maximum absolute atomic E-state index is 12.7. The summed E-state index contributed by atoms with van der Waals surface area (Å²) in [6.45, 7) is 7.01. The van der Waals surface area contributed by atoms with Crippen LogP contribution in [0, 0.1) is 20.9 Å². The van der Waals surface area contributed by atoms with Gasteiger partial charge in [-0.15, -0.1) is 0 Å². The van der Waals surface area contributed by atoms with Crippen LogP contribution in [0.3, 0.4) is 0 Å². The number of rotatable bonds is 5. The number of hydrogen-bond acceptors (Lipinski definition) is 6. The molecule has 0 spiro atoms. The molecule has 1 heterocycles. The monoisotopic (exact) mass is 403 g/mol. The number of anilines is 1. The molecule has 1 saturated carbocycles. The summed E-state index contributed by atoms with van der Waals surface area (Å²) in [7, 11) is 3.38. The van der Waals surface area contributed by atoms with Crippen molar-refractivity contribution in [2.45, 2.75) is 46.1 Å². The van der Waals surface area contributed by atoms with E-state index in [4.69, 9.17) is 4.74 Å². The minimum atomic E-state index is -0.736. The average molecular weight is 403 g/mol. The smallest absolute Gasteiger partial charge is 0.338 e. The summed E-state index contributed by atoms with van der Waals surface area (Å²) < 4.78 is 5.20. The second-order valence-corrected chi connectivity index (χ2v) is 9.67. The van der Waals surface area contributed by atoms with E-state index < -0.39 is 10.9 Å². The third-order valence-corrected chi connectivity index (χ3v) is 5.95. The fourth-order valence-electron chi connectivity index (χ4n) is 5.22. The fourth-order valence-corrected chi connectivity index (χ4v) is 5.22. The predicted molar refractivity (Wildman–Crippen MR) is 109 cm³/mol. The van der Waals surface area contributed by atoms with Crippen LogP contribution in [0.5, 0.6) is 0 Å². The van der Waals surface area contributed by atoms with Crippen LogP contribution in [0.15, 0.2) is 18.2 Å². The molecule has 3 rings (SSSR count). The Bertz CT molecular complexity index is 851. The summed E-state index contributed by atoms with van der Waals surface area (Å²) in [5.74, 6) is -0.940. The lowest BCUT2D eigenvalue weighted by molar-refractivity contribution is -0.384. The minimum Gasteiger partial charge on any atom is -0.452 e. The summed E-state index contributed by atoms with van der Waals surface area (Å²) in [5.41, 5.74) is 0.566. The van der Waals surface area contributed by atoms with Crippen molar-refractivity contribution in [2.75, 3.05) is 32.1 Å². The molecular weight excluding hydrogens is 374 g/mol. The zero-order chi connectivity index (χ0) is 21.6. The third-order valence-electron chi connectivity index (χ3n) is 5.95. The molecular formula is C21H29N3O5. The van der Waals surface area contributed by atoms with Crippen molar-refractivity contribution in [3.63, 3.8) is 0 Å². The Morgan fingerprint density at radius 1 is 1.28 bits per heavy atom. The first-order valence-electron chi connectivity index (χ1n) is 9.83. The number of hydrogen-bond donors (Lipinski definition) is 0. The molecule has 1 aliphatic carbocycles. The molecule has 8 heteroatoms. The van der Waals surface area contributed by atoms with Gasteiger partial charge in [-0.25, -0.2) is 4.79 Å². The highest BCUT2D eigenvalue weighted by Crippen LogP contribution is 2.52. The van der Waals surface area contributed by atoms with Crippen LogP contribution in [0.25, 0.3) is 0 Å². The van der Waals surface area contributed by atoms with E-state index in [9.17, 15) is 19.7 Å². The van der Waals surface area contributed by atoms with Crippen molar-refractivity contribution in [2.24, 2.45) is 10.8 Å². The molecule has 1 amide bonds. The predicted octanol–water partition coefficient (Wildman–Crippen LogP) is 3.24. The highest BCUT2D eigenvalue weighted by atomic mass is 16.6. The van der Waals surface area contributed by atoms with E-state index in [0.29, 0.717) is 12.2 Å². The third kappa shape index (κ3) is 4.36. The van der Waals surface area contributed by atoms with E-state index >= 15 is 0 Å². The van der Waals surface area contributed by atoms with Crippen molar-refractivity contribution >= 4 is 23.3 Å². The number of esters is 1. The lowest BCUT2D eigenvalue weighted by Crippen LogP contribution is -2.39. The van der Waals surface area contributed by atoms with Gasteiger partial charge in [0.2, 0.25) is 0 Å². The molecule has 2 bridgehead atoms. The Balaban J connectivity index is 1.66.